The van der Waals surface area contributed by atoms with Gasteiger partial charge in [-0.3, -0.25) is 4.79 Å². The molecular formula is C18H20ClFN4O3. The molecular weight excluding hydrogens is 375 g/mol. The van der Waals surface area contributed by atoms with Crippen molar-refractivity contribution < 1.29 is 14.3 Å². The van der Waals surface area contributed by atoms with Crippen LogP contribution in [0.2, 0.25) is 5.02 Å². The number of benzene rings is 1. The lowest BCUT2D eigenvalue weighted by Crippen LogP contribution is -2.49. The molecule has 4 N–H and O–H groups in total. The number of aromatic carboxylic acids is 1. The number of nitrogens with zero attached hydrogens (tertiary/aromatic N) is 2. The van der Waals surface area contributed by atoms with E-state index in [-0.39, 0.29) is 33.9 Å². The molecule has 1 aliphatic heterocycles. The molecule has 1 atom stereocenters. The van der Waals surface area contributed by atoms with E-state index < -0.39 is 22.8 Å². The van der Waals surface area contributed by atoms with Crippen molar-refractivity contribution in [2.24, 2.45) is 0 Å². The minimum atomic E-state index is -1.37. The molecule has 1 unspecified atom stereocenters. The van der Waals surface area contributed by atoms with Crippen LogP contribution in [0.25, 0.3) is 10.9 Å². The normalized spacial score (nSPS) is 20.3. The predicted molar refractivity (Wildman–Crippen MR) is 102 cm³/mol. The molecule has 2 heterocycles. The van der Waals surface area contributed by atoms with E-state index in [0.717, 1.165) is 12.8 Å². The van der Waals surface area contributed by atoms with Crippen molar-refractivity contribution in [1.29, 1.82) is 0 Å². The third-order valence-electron chi connectivity index (χ3n) is 5.22. The number of piperazine rings is 1. The van der Waals surface area contributed by atoms with E-state index in [4.69, 9.17) is 17.3 Å². The van der Waals surface area contributed by atoms with Gasteiger partial charge in [-0.15, -0.1) is 0 Å². The molecule has 27 heavy (non-hydrogen) atoms. The number of hydrogen-bond acceptors (Lipinski definition) is 5. The largest absolute Gasteiger partial charge is 0.477 e. The summed E-state index contributed by atoms with van der Waals surface area (Å²) < 4.78 is 16.9. The summed E-state index contributed by atoms with van der Waals surface area (Å²) in [6, 6.07) is 0.175. The van der Waals surface area contributed by atoms with E-state index in [0.29, 0.717) is 25.2 Å². The van der Waals surface area contributed by atoms with E-state index in [9.17, 15) is 14.7 Å². The third kappa shape index (κ3) is 2.83. The molecule has 7 nitrogen and oxygen atoms in total. The number of carboxylic acid groups (broad SMARTS) is 1. The molecule has 0 spiro atoms. The van der Waals surface area contributed by atoms with Gasteiger partial charge in [0.25, 0.3) is 0 Å². The number of rotatable bonds is 3. The van der Waals surface area contributed by atoms with Crippen molar-refractivity contribution in [1.82, 2.24) is 9.88 Å². The van der Waals surface area contributed by atoms with Crippen LogP contribution < -0.4 is 21.4 Å². The van der Waals surface area contributed by atoms with Crippen LogP contribution in [0, 0.1) is 5.82 Å². The first-order valence-corrected chi connectivity index (χ1v) is 9.26. The molecule has 1 saturated heterocycles. The van der Waals surface area contributed by atoms with Gasteiger partial charge in [-0.05, 0) is 19.8 Å². The SMILES string of the molecule is CC1CN(c2c(F)c(N)c3c(=O)c(C(=O)O)cn(C4CC4)c3c2Cl)CCN1. The first kappa shape index (κ1) is 18.1. The summed E-state index contributed by atoms with van der Waals surface area (Å²) in [5.74, 6) is -2.14. The molecule has 1 aromatic heterocycles. The highest BCUT2D eigenvalue weighted by molar-refractivity contribution is 6.38. The summed E-state index contributed by atoms with van der Waals surface area (Å²) in [6.07, 6.45) is 2.98. The van der Waals surface area contributed by atoms with E-state index in [1.807, 2.05) is 11.8 Å². The number of nitrogens with two attached hydrogens (primary N) is 1. The number of carbonyl (C=O) groups is 1. The number of nitrogen functional groups attached to an aromatic ring is 1. The van der Waals surface area contributed by atoms with Gasteiger partial charge in [0.15, 0.2) is 5.82 Å². The van der Waals surface area contributed by atoms with Crippen LogP contribution in [0.5, 0.6) is 0 Å². The lowest BCUT2D eigenvalue weighted by Gasteiger charge is -2.35. The maximum absolute atomic E-state index is 15.2. The van der Waals surface area contributed by atoms with Gasteiger partial charge in [0, 0.05) is 37.9 Å². The van der Waals surface area contributed by atoms with Crippen LogP contribution in [-0.2, 0) is 0 Å². The molecule has 1 aromatic carbocycles. The van der Waals surface area contributed by atoms with Crippen LogP contribution in [0.3, 0.4) is 0 Å². The van der Waals surface area contributed by atoms with Crippen molar-refractivity contribution in [3.8, 4) is 0 Å². The first-order valence-electron chi connectivity index (χ1n) is 8.88. The number of hydrogen-bond donors (Lipinski definition) is 3. The van der Waals surface area contributed by atoms with Gasteiger partial charge in [-0.2, -0.15) is 0 Å². The number of fused-ring (bicyclic) bond motifs is 1. The first-order chi connectivity index (χ1) is 12.8. The van der Waals surface area contributed by atoms with Gasteiger partial charge in [0.1, 0.15) is 5.56 Å². The Kier molecular flexibility index (Phi) is 4.27. The Labute approximate surface area is 159 Å². The average Bonchev–Trinajstić information content (AvgIpc) is 3.44. The summed E-state index contributed by atoms with van der Waals surface area (Å²) in [4.78, 5) is 26.0. The zero-order valence-corrected chi connectivity index (χ0v) is 15.5. The molecule has 1 saturated carbocycles. The Morgan fingerprint density at radius 2 is 2.15 bits per heavy atom. The van der Waals surface area contributed by atoms with E-state index in [1.165, 1.54) is 6.20 Å². The molecule has 2 aromatic rings. The smallest absolute Gasteiger partial charge is 0.341 e. The molecule has 0 radical (unpaired) electrons. The number of aromatic nitrogens is 1. The molecule has 0 bridgehead atoms. The van der Waals surface area contributed by atoms with Gasteiger partial charge in [0.2, 0.25) is 5.43 Å². The van der Waals surface area contributed by atoms with Crippen molar-refractivity contribution in [2.45, 2.75) is 31.8 Å². The minimum Gasteiger partial charge on any atom is -0.477 e. The molecule has 2 aliphatic rings. The summed E-state index contributed by atoms with van der Waals surface area (Å²) >= 11 is 6.62. The van der Waals surface area contributed by atoms with Crippen molar-refractivity contribution in [2.75, 3.05) is 30.3 Å². The highest BCUT2D eigenvalue weighted by atomic mass is 35.5. The second kappa shape index (κ2) is 6.38. The third-order valence-corrected chi connectivity index (χ3v) is 5.58. The number of halogens is 2. The van der Waals surface area contributed by atoms with E-state index >= 15 is 4.39 Å². The molecule has 1 aliphatic carbocycles. The fourth-order valence-corrected chi connectivity index (χ4v) is 4.15. The van der Waals surface area contributed by atoms with E-state index in [1.54, 1.807) is 4.57 Å². The van der Waals surface area contributed by atoms with Gasteiger partial charge >= 0.3 is 5.97 Å². The fourth-order valence-electron chi connectivity index (χ4n) is 3.76. The lowest BCUT2D eigenvalue weighted by molar-refractivity contribution is 0.0695. The van der Waals surface area contributed by atoms with Crippen LogP contribution in [0.4, 0.5) is 15.8 Å². The van der Waals surface area contributed by atoms with Crippen LogP contribution in [0.1, 0.15) is 36.2 Å². The van der Waals surface area contributed by atoms with Crippen molar-refractivity contribution in [3.63, 3.8) is 0 Å². The van der Waals surface area contributed by atoms with Gasteiger partial charge < -0.3 is 25.6 Å². The predicted octanol–water partition coefficient (Wildman–Crippen LogP) is 2.21. The molecule has 2 fully saturated rings. The highest BCUT2D eigenvalue weighted by Crippen LogP contribution is 2.44. The standard InChI is InChI=1S/C18H20ClFN4O3/c1-8-6-23(5-4-22-8)16-12(19)15-11(14(21)13(16)20)17(25)10(18(26)27)7-24(15)9-2-3-9/h7-9,22H,2-6,21H2,1H3,(H,26,27). The Morgan fingerprint density at radius 3 is 2.74 bits per heavy atom. The number of pyridine rings is 1. The lowest BCUT2D eigenvalue weighted by atomic mass is 10.1. The molecule has 9 heteroatoms. The van der Waals surface area contributed by atoms with Gasteiger partial charge in [-0.25, -0.2) is 9.18 Å². The Bertz CT molecular complexity index is 1020. The second-order valence-corrected chi connectivity index (χ2v) is 7.61. The Morgan fingerprint density at radius 1 is 1.44 bits per heavy atom. The maximum Gasteiger partial charge on any atom is 0.341 e. The van der Waals surface area contributed by atoms with E-state index in [2.05, 4.69) is 5.32 Å². The molecule has 0 amide bonds. The Balaban J connectivity index is 2.06. The van der Waals surface area contributed by atoms with Gasteiger partial charge in [-0.1, -0.05) is 11.6 Å². The summed E-state index contributed by atoms with van der Waals surface area (Å²) in [7, 11) is 0. The number of anilines is 2. The molecule has 4 rings (SSSR count). The maximum atomic E-state index is 15.2. The zero-order valence-electron chi connectivity index (χ0n) is 14.8. The quantitative estimate of drug-likeness (QED) is 0.690. The average molecular weight is 395 g/mol. The summed E-state index contributed by atoms with van der Waals surface area (Å²) in [6.45, 7) is 3.75. The van der Waals surface area contributed by atoms with Crippen LogP contribution >= 0.6 is 11.6 Å². The van der Waals surface area contributed by atoms with Crippen LogP contribution in [0.15, 0.2) is 11.0 Å². The van der Waals surface area contributed by atoms with Crippen molar-refractivity contribution >= 4 is 39.8 Å². The number of carboxylic acids is 1. The zero-order chi connectivity index (χ0) is 19.5. The van der Waals surface area contributed by atoms with Crippen molar-refractivity contribution in [3.05, 3.63) is 32.8 Å². The fraction of sp³-hybridized carbons (Fsp3) is 0.444. The summed E-state index contributed by atoms with van der Waals surface area (Å²) in [5, 5.41) is 12.6. The van der Waals surface area contributed by atoms with Gasteiger partial charge in [0.05, 0.1) is 27.3 Å². The topological polar surface area (TPSA) is 101 Å². The number of nitrogens with one attached hydrogen (secondary N) is 1. The highest BCUT2D eigenvalue weighted by Gasteiger charge is 2.32. The monoisotopic (exact) mass is 394 g/mol. The second-order valence-electron chi connectivity index (χ2n) is 7.23. The molecule has 144 valence electrons. The van der Waals surface area contributed by atoms with Crippen LogP contribution in [-0.4, -0.2) is 41.3 Å². The summed E-state index contributed by atoms with van der Waals surface area (Å²) in [5.41, 5.74) is 4.90. The Hall–Kier alpha value is -2.32. The minimum absolute atomic E-state index is 0.0309.